The smallest absolute Gasteiger partial charge is 0.0702 e. The van der Waals surface area contributed by atoms with Crippen molar-refractivity contribution in [2.24, 2.45) is 0 Å². The summed E-state index contributed by atoms with van der Waals surface area (Å²) < 4.78 is 3.51. The number of hydrogen-bond acceptors (Lipinski definition) is 2. The van der Waals surface area contributed by atoms with Gasteiger partial charge < -0.3 is 4.57 Å². The Balaban J connectivity index is 1.36. The van der Waals surface area contributed by atoms with E-state index < -0.39 is 0 Å². The van der Waals surface area contributed by atoms with Crippen LogP contribution < -0.4 is 0 Å². The van der Waals surface area contributed by atoms with Gasteiger partial charge in [-0.05, 0) is 90.7 Å². The number of nitrogens with zero attached hydrogens (tertiary/aromatic N) is 3. The molecular formula is C36H26BrN3. The molecule has 0 bridgehead atoms. The first kappa shape index (κ1) is 24.5. The monoisotopic (exact) mass is 579 g/mol. The van der Waals surface area contributed by atoms with Gasteiger partial charge in [-0.1, -0.05) is 70.6 Å². The second-order valence-electron chi connectivity index (χ2n) is 9.96. The molecule has 3 heterocycles. The first-order valence-electron chi connectivity index (χ1n) is 13.5. The molecule has 0 spiro atoms. The lowest BCUT2D eigenvalue weighted by atomic mass is 9.96. The molecule has 3 aromatic carbocycles. The molecule has 0 saturated heterocycles. The van der Waals surface area contributed by atoms with Gasteiger partial charge in [0.05, 0.1) is 16.9 Å². The lowest BCUT2D eigenvalue weighted by Crippen LogP contribution is -2.01. The standard InChI is InChI=1S/C36H26BrN3/c37-29-15-18-32-31-9-3-1-2-4-12-35(31)40(36(32)24-29)30-16-13-25(14-17-30)26-21-27(33-10-5-7-19-38-33)23-28(22-26)34-11-6-8-20-39-34/h1-3,5-11,13-24H,4,12H2/b2-1+,9-3?. The molecule has 0 atom stereocenters. The fourth-order valence-corrected chi connectivity index (χ4v) is 5.92. The minimum absolute atomic E-state index is 0.947. The maximum Gasteiger partial charge on any atom is 0.0702 e. The van der Waals surface area contributed by atoms with Crippen LogP contribution in [0.25, 0.3) is 56.3 Å². The average molecular weight is 581 g/mol. The largest absolute Gasteiger partial charge is 0.313 e. The Morgan fingerprint density at radius 1 is 0.650 bits per heavy atom. The predicted octanol–water partition coefficient (Wildman–Crippen LogP) is 9.70. The van der Waals surface area contributed by atoms with Crippen LogP contribution in [0, 0.1) is 0 Å². The van der Waals surface area contributed by atoms with Crippen molar-refractivity contribution in [1.29, 1.82) is 0 Å². The minimum atomic E-state index is 0.947. The summed E-state index contributed by atoms with van der Waals surface area (Å²) in [5, 5.41) is 1.27. The molecule has 192 valence electrons. The summed E-state index contributed by atoms with van der Waals surface area (Å²) in [4.78, 5) is 9.24. The lowest BCUT2D eigenvalue weighted by molar-refractivity contribution is 0.895. The highest BCUT2D eigenvalue weighted by Gasteiger charge is 2.18. The normalized spacial score (nSPS) is 13.5. The SMILES string of the molecule is Brc1ccc2c3c(n(-c4ccc(-c5cc(-c6ccccn6)cc(-c6ccccn6)c5)cc4)c2c1)CC/C=C/C=C3. The van der Waals surface area contributed by atoms with Gasteiger partial charge >= 0.3 is 0 Å². The summed E-state index contributed by atoms with van der Waals surface area (Å²) in [7, 11) is 0. The fraction of sp³-hybridized carbons (Fsp3) is 0.0556. The highest BCUT2D eigenvalue weighted by atomic mass is 79.9. The first-order valence-corrected chi connectivity index (χ1v) is 14.3. The van der Waals surface area contributed by atoms with E-state index in [1.54, 1.807) is 0 Å². The van der Waals surface area contributed by atoms with E-state index in [2.05, 4.69) is 128 Å². The number of benzene rings is 3. The number of rotatable bonds is 4. The van der Waals surface area contributed by atoms with Crippen LogP contribution in [-0.4, -0.2) is 14.5 Å². The van der Waals surface area contributed by atoms with E-state index in [-0.39, 0.29) is 0 Å². The molecule has 0 aliphatic heterocycles. The van der Waals surface area contributed by atoms with Gasteiger partial charge in [0.2, 0.25) is 0 Å². The van der Waals surface area contributed by atoms with Crippen LogP contribution in [0.15, 0.2) is 132 Å². The quantitative estimate of drug-likeness (QED) is 0.208. The Labute approximate surface area is 242 Å². The van der Waals surface area contributed by atoms with Gasteiger partial charge in [0, 0.05) is 50.3 Å². The summed E-state index contributed by atoms with van der Waals surface area (Å²) in [5.41, 5.74) is 11.4. The van der Waals surface area contributed by atoms with Crippen molar-refractivity contribution in [3.8, 4) is 39.3 Å². The second kappa shape index (κ2) is 10.6. The lowest BCUT2D eigenvalue weighted by Gasteiger charge is -2.14. The zero-order chi connectivity index (χ0) is 26.9. The number of aromatic nitrogens is 3. The molecule has 1 aliphatic rings. The molecule has 0 unspecified atom stereocenters. The molecule has 0 N–H and O–H groups in total. The van der Waals surface area contributed by atoms with Crippen molar-refractivity contribution >= 4 is 32.9 Å². The van der Waals surface area contributed by atoms with Crippen molar-refractivity contribution in [2.45, 2.75) is 12.8 Å². The first-order chi connectivity index (χ1) is 19.7. The molecule has 3 aromatic heterocycles. The third-order valence-corrected chi connectivity index (χ3v) is 7.94. The molecule has 3 nitrogen and oxygen atoms in total. The number of allylic oxidation sites excluding steroid dienone is 3. The topological polar surface area (TPSA) is 30.7 Å². The van der Waals surface area contributed by atoms with Crippen molar-refractivity contribution in [3.05, 3.63) is 143 Å². The number of halogens is 1. The maximum absolute atomic E-state index is 4.62. The predicted molar refractivity (Wildman–Crippen MR) is 169 cm³/mol. The number of fused-ring (bicyclic) bond motifs is 3. The van der Waals surface area contributed by atoms with Crippen LogP contribution in [0.1, 0.15) is 17.7 Å². The molecule has 40 heavy (non-hydrogen) atoms. The zero-order valence-corrected chi connectivity index (χ0v) is 23.4. The molecule has 0 fully saturated rings. The summed E-state index contributed by atoms with van der Waals surface area (Å²) in [6, 6.07) is 34.2. The number of pyridine rings is 2. The van der Waals surface area contributed by atoms with Gasteiger partial charge in [-0.3, -0.25) is 9.97 Å². The maximum atomic E-state index is 4.62. The van der Waals surface area contributed by atoms with E-state index >= 15 is 0 Å². The summed E-state index contributed by atoms with van der Waals surface area (Å²) in [6.07, 6.45) is 14.5. The Morgan fingerprint density at radius 2 is 1.35 bits per heavy atom. The van der Waals surface area contributed by atoms with E-state index in [0.717, 1.165) is 56.6 Å². The Bertz CT molecular complexity index is 1830. The molecule has 0 saturated carbocycles. The Kier molecular flexibility index (Phi) is 6.46. The van der Waals surface area contributed by atoms with Crippen LogP contribution in [0.5, 0.6) is 0 Å². The van der Waals surface area contributed by atoms with E-state index in [1.165, 1.54) is 22.2 Å². The van der Waals surface area contributed by atoms with Gasteiger partial charge in [0.1, 0.15) is 0 Å². The van der Waals surface area contributed by atoms with Crippen LogP contribution in [0.2, 0.25) is 0 Å². The summed E-state index contributed by atoms with van der Waals surface area (Å²) in [6.45, 7) is 0. The highest BCUT2D eigenvalue weighted by molar-refractivity contribution is 9.10. The zero-order valence-electron chi connectivity index (χ0n) is 21.8. The van der Waals surface area contributed by atoms with Crippen LogP contribution in [-0.2, 0) is 6.42 Å². The van der Waals surface area contributed by atoms with Gasteiger partial charge in [0.15, 0.2) is 0 Å². The van der Waals surface area contributed by atoms with Gasteiger partial charge in [0.25, 0.3) is 0 Å². The Morgan fingerprint density at radius 3 is 2.02 bits per heavy atom. The third kappa shape index (κ3) is 4.61. The number of hydrogen-bond donors (Lipinski definition) is 0. The van der Waals surface area contributed by atoms with Crippen LogP contribution in [0.4, 0.5) is 0 Å². The van der Waals surface area contributed by atoms with Gasteiger partial charge in [-0.15, -0.1) is 0 Å². The molecular weight excluding hydrogens is 554 g/mol. The molecule has 7 rings (SSSR count). The van der Waals surface area contributed by atoms with E-state index in [0.29, 0.717) is 0 Å². The molecule has 0 amide bonds. The van der Waals surface area contributed by atoms with Gasteiger partial charge in [-0.2, -0.15) is 0 Å². The molecule has 1 aliphatic carbocycles. The van der Waals surface area contributed by atoms with Crippen molar-refractivity contribution in [2.75, 3.05) is 0 Å². The van der Waals surface area contributed by atoms with E-state index in [4.69, 9.17) is 0 Å². The summed E-state index contributed by atoms with van der Waals surface area (Å²) >= 11 is 3.70. The molecule has 4 heteroatoms. The third-order valence-electron chi connectivity index (χ3n) is 7.44. The Hall–Kier alpha value is -4.54. The van der Waals surface area contributed by atoms with E-state index in [1.807, 2.05) is 36.7 Å². The summed E-state index contributed by atoms with van der Waals surface area (Å²) in [5.74, 6) is 0. The van der Waals surface area contributed by atoms with Crippen molar-refractivity contribution in [3.63, 3.8) is 0 Å². The van der Waals surface area contributed by atoms with Gasteiger partial charge in [-0.25, -0.2) is 0 Å². The minimum Gasteiger partial charge on any atom is -0.313 e. The average Bonchev–Trinajstić information content (AvgIpc) is 3.28. The second-order valence-corrected chi connectivity index (χ2v) is 10.9. The molecule has 0 radical (unpaired) electrons. The van der Waals surface area contributed by atoms with E-state index in [9.17, 15) is 0 Å². The molecule has 6 aromatic rings. The highest BCUT2D eigenvalue weighted by Crippen LogP contribution is 2.36. The van der Waals surface area contributed by atoms with Crippen LogP contribution in [0.3, 0.4) is 0 Å². The van der Waals surface area contributed by atoms with Crippen LogP contribution >= 0.6 is 15.9 Å². The fourth-order valence-electron chi connectivity index (χ4n) is 5.57. The van der Waals surface area contributed by atoms with Crippen molar-refractivity contribution in [1.82, 2.24) is 14.5 Å². The van der Waals surface area contributed by atoms with Crippen molar-refractivity contribution < 1.29 is 0 Å².